The molecule has 0 aliphatic heterocycles. The van der Waals surface area contributed by atoms with Gasteiger partial charge in [0.05, 0.1) is 6.04 Å². The van der Waals surface area contributed by atoms with Crippen molar-refractivity contribution < 1.29 is 14.7 Å². The van der Waals surface area contributed by atoms with Gasteiger partial charge in [-0.3, -0.25) is 14.6 Å². The molecule has 0 saturated carbocycles. The number of hydrogen-bond acceptors (Lipinski definition) is 4. The van der Waals surface area contributed by atoms with Crippen LogP contribution in [-0.2, 0) is 9.59 Å². The Morgan fingerprint density at radius 3 is 1.79 bits per heavy atom. The summed E-state index contributed by atoms with van der Waals surface area (Å²) in [5.41, 5.74) is 1.75. The van der Waals surface area contributed by atoms with Gasteiger partial charge < -0.3 is 9.90 Å². The average molecular weight is 397 g/mol. The van der Waals surface area contributed by atoms with Gasteiger partial charge in [-0.25, -0.2) is 0 Å². The molecule has 0 aliphatic rings. The molecule has 2 aromatic carbocycles. The third-order valence-electron chi connectivity index (χ3n) is 5.07. The van der Waals surface area contributed by atoms with Crippen LogP contribution < -0.4 is 0 Å². The van der Waals surface area contributed by atoms with E-state index in [9.17, 15) is 14.7 Å². The SMILES string of the molecule is CCCN(CCN(CCC)C(C(=O)O)c1ccccc1)C(C=O)c1ccccc1. The molecule has 2 aromatic rings. The maximum absolute atomic E-state index is 12.1. The first-order chi connectivity index (χ1) is 14.1. The summed E-state index contributed by atoms with van der Waals surface area (Å²) in [4.78, 5) is 28.1. The minimum atomic E-state index is -0.846. The van der Waals surface area contributed by atoms with E-state index in [4.69, 9.17) is 0 Å². The molecule has 0 saturated heterocycles. The summed E-state index contributed by atoms with van der Waals surface area (Å²) in [5.74, 6) is -0.846. The number of nitrogens with zero attached hydrogens (tertiary/aromatic N) is 2. The van der Waals surface area contributed by atoms with Gasteiger partial charge in [0.2, 0.25) is 0 Å². The maximum Gasteiger partial charge on any atom is 0.325 e. The lowest BCUT2D eigenvalue weighted by atomic mass is 10.0. The fourth-order valence-corrected chi connectivity index (χ4v) is 3.76. The van der Waals surface area contributed by atoms with Crippen LogP contribution in [0.2, 0.25) is 0 Å². The van der Waals surface area contributed by atoms with Crippen molar-refractivity contribution in [3.8, 4) is 0 Å². The van der Waals surface area contributed by atoms with Crippen LogP contribution in [0.25, 0.3) is 0 Å². The lowest BCUT2D eigenvalue weighted by Crippen LogP contribution is -2.42. The van der Waals surface area contributed by atoms with Crippen LogP contribution in [0.15, 0.2) is 60.7 Å². The van der Waals surface area contributed by atoms with Crippen molar-refractivity contribution in [1.82, 2.24) is 9.80 Å². The zero-order chi connectivity index (χ0) is 21.1. The zero-order valence-corrected chi connectivity index (χ0v) is 17.4. The predicted molar refractivity (Wildman–Crippen MR) is 116 cm³/mol. The number of carboxylic acid groups (broad SMARTS) is 1. The molecule has 0 aromatic heterocycles. The van der Waals surface area contributed by atoms with E-state index in [1.807, 2.05) is 65.6 Å². The van der Waals surface area contributed by atoms with Gasteiger partial charge in [-0.15, -0.1) is 0 Å². The molecule has 0 amide bonds. The van der Waals surface area contributed by atoms with Crippen LogP contribution in [-0.4, -0.2) is 53.3 Å². The zero-order valence-electron chi connectivity index (χ0n) is 17.4. The van der Waals surface area contributed by atoms with Gasteiger partial charge in [0, 0.05) is 13.1 Å². The Kier molecular flexibility index (Phi) is 9.54. The largest absolute Gasteiger partial charge is 0.480 e. The molecule has 0 fully saturated rings. The van der Waals surface area contributed by atoms with E-state index in [2.05, 4.69) is 18.7 Å². The first-order valence-corrected chi connectivity index (χ1v) is 10.4. The van der Waals surface area contributed by atoms with Crippen LogP contribution in [0.5, 0.6) is 0 Å². The van der Waals surface area contributed by atoms with Crippen LogP contribution in [0.3, 0.4) is 0 Å². The Morgan fingerprint density at radius 1 is 0.828 bits per heavy atom. The van der Waals surface area contributed by atoms with Crippen LogP contribution in [0.4, 0.5) is 0 Å². The summed E-state index contributed by atoms with van der Waals surface area (Å²) in [7, 11) is 0. The summed E-state index contributed by atoms with van der Waals surface area (Å²) >= 11 is 0. The van der Waals surface area contributed by atoms with Crippen molar-refractivity contribution in [2.24, 2.45) is 0 Å². The molecule has 2 unspecified atom stereocenters. The average Bonchev–Trinajstić information content (AvgIpc) is 2.74. The monoisotopic (exact) mass is 396 g/mol. The highest BCUT2D eigenvalue weighted by molar-refractivity contribution is 5.75. The van der Waals surface area contributed by atoms with E-state index in [1.165, 1.54) is 0 Å². The second-order valence-corrected chi connectivity index (χ2v) is 7.21. The summed E-state index contributed by atoms with van der Waals surface area (Å²) in [6, 6.07) is 18.1. The van der Waals surface area contributed by atoms with Gasteiger partial charge >= 0.3 is 5.97 Å². The first kappa shape index (κ1) is 22.8. The topological polar surface area (TPSA) is 60.9 Å². The van der Waals surface area contributed by atoms with E-state index in [0.717, 1.165) is 36.8 Å². The Bertz CT molecular complexity index is 736. The quantitative estimate of drug-likeness (QED) is 0.515. The number of carbonyl (C=O) groups excluding carboxylic acids is 1. The van der Waals surface area contributed by atoms with Crippen molar-refractivity contribution in [2.75, 3.05) is 26.2 Å². The van der Waals surface area contributed by atoms with E-state index in [1.54, 1.807) is 0 Å². The van der Waals surface area contributed by atoms with Gasteiger partial charge in [0.25, 0.3) is 0 Å². The summed E-state index contributed by atoms with van der Waals surface area (Å²) in [5, 5.41) is 9.91. The summed E-state index contributed by atoms with van der Waals surface area (Å²) < 4.78 is 0. The van der Waals surface area contributed by atoms with Gasteiger partial charge in [0.15, 0.2) is 0 Å². The maximum atomic E-state index is 12.1. The van der Waals surface area contributed by atoms with Gasteiger partial charge in [0.1, 0.15) is 12.3 Å². The number of aliphatic carboxylic acids is 1. The fraction of sp³-hybridized carbons (Fsp3) is 0.417. The molecule has 0 spiro atoms. The third-order valence-corrected chi connectivity index (χ3v) is 5.07. The molecule has 0 aliphatic carbocycles. The molecule has 5 heteroatoms. The Labute approximate surface area is 174 Å². The smallest absolute Gasteiger partial charge is 0.325 e. The molecular formula is C24H32N2O3. The Balaban J connectivity index is 2.21. The second-order valence-electron chi connectivity index (χ2n) is 7.21. The molecule has 5 nitrogen and oxygen atoms in total. The van der Waals surface area contributed by atoms with E-state index in [0.29, 0.717) is 19.6 Å². The number of aldehydes is 1. The van der Waals surface area contributed by atoms with Crippen molar-refractivity contribution in [3.05, 3.63) is 71.8 Å². The number of carboxylic acids is 1. The van der Waals surface area contributed by atoms with Crippen LogP contribution >= 0.6 is 0 Å². The molecule has 2 atom stereocenters. The van der Waals surface area contributed by atoms with E-state index < -0.39 is 12.0 Å². The van der Waals surface area contributed by atoms with Crippen molar-refractivity contribution >= 4 is 12.3 Å². The normalized spacial score (nSPS) is 13.4. The van der Waals surface area contributed by atoms with E-state index in [-0.39, 0.29) is 6.04 Å². The molecule has 0 heterocycles. The second kappa shape index (κ2) is 12.1. The van der Waals surface area contributed by atoms with Gasteiger partial charge in [-0.05, 0) is 37.1 Å². The molecule has 29 heavy (non-hydrogen) atoms. The van der Waals surface area contributed by atoms with Gasteiger partial charge in [-0.2, -0.15) is 0 Å². The standard InChI is InChI=1S/C24H32N2O3/c1-3-15-25(22(19-27)20-11-7-5-8-12-20)17-18-26(16-4-2)23(24(28)29)21-13-9-6-10-14-21/h5-14,19,22-23H,3-4,15-18H2,1-2H3,(H,28,29). The lowest BCUT2D eigenvalue weighted by Gasteiger charge is -2.33. The predicted octanol–water partition coefficient (Wildman–Crippen LogP) is 4.18. The number of hydrogen-bond donors (Lipinski definition) is 1. The third kappa shape index (κ3) is 6.51. The minimum absolute atomic E-state index is 0.320. The summed E-state index contributed by atoms with van der Waals surface area (Å²) in [6.07, 6.45) is 2.77. The number of rotatable bonds is 13. The highest BCUT2D eigenvalue weighted by Gasteiger charge is 2.28. The highest BCUT2D eigenvalue weighted by atomic mass is 16.4. The number of carbonyl (C=O) groups is 2. The minimum Gasteiger partial charge on any atom is -0.480 e. The van der Waals surface area contributed by atoms with Gasteiger partial charge in [-0.1, -0.05) is 74.5 Å². The van der Waals surface area contributed by atoms with Crippen LogP contribution in [0, 0.1) is 0 Å². The van der Waals surface area contributed by atoms with Crippen molar-refractivity contribution in [1.29, 1.82) is 0 Å². The highest BCUT2D eigenvalue weighted by Crippen LogP contribution is 2.23. The molecule has 156 valence electrons. The summed E-state index contributed by atoms with van der Waals surface area (Å²) in [6.45, 7) is 6.82. The molecule has 1 N–H and O–H groups in total. The Hall–Kier alpha value is -2.50. The molecular weight excluding hydrogens is 364 g/mol. The van der Waals surface area contributed by atoms with Crippen LogP contribution in [0.1, 0.15) is 49.9 Å². The molecule has 0 bridgehead atoms. The van der Waals surface area contributed by atoms with Crippen molar-refractivity contribution in [2.45, 2.75) is 38.8 Å². The number of benzene rings is 2. The fourth-order valence-electron chi connectivity index (χ4n) is 3.76. The van der Waals surface area contributed by atoms with E-state index >= 15 is 0 Å². The molecule has 2 rings (SSSR count). The lowest BCUT2D eigenvalue weighted by molar-refractivity contribution is -0.143. The Morgan fingerprint density at radius 2 is 1.31 bits per heavy atom. The molecule has 0 radical (unpaired) electrons. The van der Waals surface area contributed by atoms with Crippen molar-refractivity contribution in [3.63, 3.8) is 0 Å². The first-order valence-electron chi connectivity index (χ1n) is 10.4.